The summed E-state index contributed by atoms with van der Waals surface area (Å²) in [5.41, 5.74) is 6.84. The lowest BCUT2D eigenvalue weighted by Gasteiger charge is -2.39. The molecular formula is C12H18N4O. The first-order valence-corrected chi connectivity index (χ1v) is 5.85. The average Bonchev–Trinajstić information content (AvgIpc) is 2.35. The first-order valence-electron chi connectivity index (χ1n) is 5.85. The van der Waals surface area contributed by atoms with Gasteiger partial charge < -0.3 is 11.1 Å². The van der Waals surface area contributed by atoms with E-state index >= 15 is 0 Å². The number of hydrogen-bond donors (Lipinski definition) is 2. The van der Waals surface area contributed by atoms with Crippen LogP contribution in [-0.2, 0) is 11.3 Å². The highest BCUT2D eigenvalue weighted by Gasteiger charge is 2.32. The van der Waals surface area contributed by atoms with E-state index in [0.29, 0.717) is 19.1 Å². The SMILES string of the molecule is CC1CNC(=O)C(CN)N1Cc1ccncc1. The van der Waals surface area contributed by atoms with E-state index in [1.807, 2.05) is 12.1 Å². The van der Waals surface area contributed by atoms with Crippen molar-refractivity contribution in [2.75, 3.05) is 13.1 Å². The van der Waals surface area contributed by atoms with Crippen molar-refractivity contribution in [2.24, 2.45) is 5.73 Å². The van der Waals surface area contributed by atoms with Gasteiger partial charge in [0.05, 0.1) is 0 Å². The van der Waals surface area contributed by atoms with E-state index in [1.165, 1.54) is 0 Å². The van der Waals surface area contributed by atoms with Gasteiger partial charge >= 0.3 is 0 Å². The van der Waals surface area contributed by atoms with E-state index in [2.05, 4.69) is 22.1 Å². The molecule has 1 aliphatic rings. The van der Waals surface area contributed by atoms with E-state index in [-0.39, 0.29) is 11.9 Å². The van der Waals surface area contributed by atoms with Crippen molar-refractivity contribution >= 4 is 5.91 Å². The predicted octanol–water partition coefficient (Wildman–Crippen LogP) is -0.271. The minimum absolute atomic E-state index is 0.0275. The van der Waals surface area contributed by atoms with Gasteiger partial charge in [0.25, 0.3) is 0 Å². The summed E-state index contributed by atoms with van der Waals surface area (Å²) < 4.78 is 0. The standard InChI is InChI=1S/C12H18N4O/c1-9-7-15-12(17)11(6-13)16(9)8-10-2-4-14-5-3-10/h2-5,9,11H,6-8,13H2,1H3,(H,15,17). The lowest BCUT2D eigenvalue weighted by Crippen LogP contribution is -2.61. The van der Waals surface area contributed by atoms with Gasteiger partial charge in [-0.2, -0.15) is 0 Å². The summed E-state index contributed by atoms with van der Waals surface area (Å²) in [6.07, 6.45) is 3.53. The molecule has 0 aromatic carbocycles. The van der Waals surface area contributed by atoms with E-state index in [4.69, 9.17) is 5.73 Å². The zero-order chi connectivity index (χ0) is 12.3. The van der Waals surface area contributed by atoms with Crippen molar-refractivity contribution in [1.29, 1.82) is 0 Å². The summed E-state index contributed by atoms with van der Waals surface area (Å²) in [7, 11) is 0. The maximum absolute atomic E-state index is 11.7. The third kappa shape index (κ3) is 2.62. The van der Waals surface area contributed by atoms with Gasteiger partial charge in [-0.05, 0) is 24.6 Å². The van der Waals surface area contributed by atoms with E-state index in [1.54, 1.807) is 12.4 Å². The van der Waals surface area contributed by atoms with E-state index in [9.17, 15) is 4.79 Å². The Balaban J connectivity index is 2.13. The second kappa shape index (κ2) is 5.25. The molecule has 1 aromatic rings. The fourth-order valence-corrected chi connectivity index (χ4v) is 2.15. The Morgan fingerprint density at radius 1 is 1.53 bits per heavy atom. The molecule has 0 aliphatic carbocycles. The van der Waals surface area contributed by atoms with Crippen LogP contribution >= 0.6 is 0 Å². The molecule has 1 fully saturated rings. The first kappa shape index (κ1) is 12.0. The van der Waals surface area contributed by atoms with Crippen LogP contribution in [0.25, 0.3) is 0 Å². The fourth-order valence-electron chi connectivity index (χ4n) is 2.15. The largest absolute Gasteiger partial charge is 0.353 e. The normalized spacial score (nSPS) is 25.6. The minimum Gasteiger partial charge on any atom is -0.353 e. The lowest BCUT2D eigenvalue weighted by atomic mass is 10.1. The third-order valence-corrected chi connectivity index (χ3v) is 3.18. The molecule has 1 amide bonds. The van der Waals surface area contributed by atoms with Crippen molar-refractivity contribution in [1.82, 2.24) is 15.2 Å². The van der Waals surface area contributed by atoms with Crippen LogP contribution in [0.3, 0.4) is 0 Å². The van der Waals surface area contributed by atoms with Gasteiger partial charge in [-0.1, -0.05) is 0 Å². The Hall–Kier alpha value is -1.46. The van der Waals surface area contributed by atoms with Gasteiger partial charge in [0.2, 0.25) is 5.91 Å². The maximum Gasteiger partial charge on any atom is 0.238 e. The monoisotopic (exact) mass is 234 g/mol. The summed E-state index contributed by atoms with van der Waals surface area (Å²) in [6.45, 7) is 3.87. The number of hydrogen-bond acceptors (Lipinski definition) is 4. The molecular weight excluding hydrogens is 216 g/mol. The Bertz CT molecular complexity index is 381. The second-order valence-electron chi connectivity index (χ2n) is 4.37. The van der Waals surface area contributed by atoms with Gasteiger partial charge in [-0.15, -0.1) is 0 Å². The summed E-state index contributed by atoms with van der Waals surface area (Å²) >= 11 is 0. The molecule has 0 spiro atoms. The summed E-state index contributed by atoms with van der Waals surface area (Å²) in [6, 6.07) is 4.00. The van der Waals surface area contributed by atoms with Gasteiger partial charge in [-0.25, -0.2) is 0 Å². The average molecular weight is 234 g/mol. The number of aromatic nitrogens is 1. The van der Waals surface area contributed by atoms with E-state index < -0.39 is 0 Å². The second-order valence-corrected chi connectivity index (χ2v) is 4.37. The number of pyridine rings is 1. The van der Waals surface area contributed by atoms with Crippen LogP contribution in [0.2, 0.25) is 0 Å². The molecule has 0 radical (unpaired) electrons. The van der Waals surface area contributed by atoms with Crippen LogP contribution in [0.4, 0.5) is 0 Å². The minimum atomic E-state index is -0.230. The van der Waals surface area contributed by atoms with Gasteiger partial charge in [-0.3, -0.25) is 14.7 Å². The van der Waals surface area contributed by atoms with Crippen LogP contribution < -0.4 is 11.1 Å². The molecule has 2 rings (SSSR count). The smallest absolute Gasteiger partial charge is 0.238 e. The predicted molar refractivity (Wildman–Crippen MR) is 65.1 cm³/mol. The maximum atomic E-state index is 11.7. The molecule has 3 N–H and O–H groups in total. The number of nitrogens with one attached hydrogen (secondary N) is 1. The van der Waals surface area contributed by atoms with Crippen LogP contribution in [0.1, 0.15) is 12.5 Å². The Morgan fingerprint density at radius 2 is 2.24 bits per heavy atom. The number of nitrogens with two attached hydrogens (primary N) is 1. The summed E-state index contributed by atoms with van der Waals surface area (Å²) in [4.78, 5) is 17.9. The molecule has 0 saturated carbocycles. The van der Waals surface area contributed by atoms with Crippen molar-refractivity contribution in [3.63, 3.8) is 0 Å². The van der Waals surface area contributed by atoms with Crippen LogP contribution in [-0.4, -0.2) is 41.0 Å². The molecule has 92 valence electrons. The number of carbonyl (C=O) groups excluding carboxylic acids is 1. The quantitative estimate of drug-likeness (QED) is 0.755. The molecule has 5 heteroatoms. The number of amides is 1. The molecule has 17 heavy (non-hydrogen) atoms. The lowest BCUT2D eigenvalue weighted by molar-refractivity contribution is -0.130. The highest BCUT2D eigenvalue weighted by Crippen LogP contribution is 2.14. The van der Waals surface area contributed by atoms with Crippen molar-refractivity contribution in [3.05, 3.63) is 30.1 Å². The van der Waals surface area contributed by atoms with Gasteiger partial charge in [0, 0.05) is 38.1 Å². The van der Waals surface area contributed by atoms with Gasteiger partial charge in [0.1, 0.15) is 6.04 Å². The van der Waals surface area contributed by atoms with Crippen molar-refractivity contribution in [3.8, 4) is 0 Å². The van der Waals surface area contributed by atoms with Crippen LogP contribution in [0.5, 0.6) is 0 Å². The fraction of sp³-hybridized carbons (Fsp3) is 0.500. The Kier molecular flexibility index (Phi) is 3.71. The highest BCUT2D eigenvalue weighted by molar-refractivity contribution is 5.82. The zero-order valence-corrected chi connectivity index (χ0v) is 9.97. The first-order chi connectivity index (χ1) is 8.22. The van der Waals surface area contributed by atoms with Crippen molar-refractivity contribution < 1.29 is 4.79 Å². The topological polar surface area (TPSA) is 71.2 Å². The summed E-state index contributed by atoms with van der Waals surface area (Å²) in [5.74, 6) is 0.0275. The number of rotatable bonds is 3. The van der Waals surface area contributed by atoms with Crippen LogP contribution in [0.15, 0.2) is 24.5 Å². The molecule has 1 aliphatic heterocycles. The van der Waals surface area contributed by atoms with Crippen molar-refractivity contribution in [2.45, 2.75) is 25.6 Å². The Morgan fingerprint density at radius 3 is 2.88 bits per heavy atom. The van der Waals surface area contributed by atoms with Gasteiger partial charge in [0.15, 0.2) is 0 Å². The zero-order valence-electron chi connectivity index (χ0n) is 9.97. The van der Waals surface area contributed by atoms with Crippen LogP contribution in [0, 0.1) is 0 Å². The molecule has 2 unspecified atom stereocenters. The molecule has 5 nitrogen and oxygen atoms in total. The molecule has 1 aromatic heterocycles. The molecule has 2 heterocycles. The molecule has 0 bridgehead atoms. The highest BCUT2D eigenvalue weighted by atomic mass is 16.2. The number of carbonyl (C=O) groups is 1. The number of nitrogens with zero attached hydrogens (tertiary/aromatic N) is 2. The molecule has 2 atom stereocenters. The molecule has 1 saturated heterocycles. The number of piperazine rings is 1. The third-order valence-electron chi connectivity index (χ3n) is 3.18. The Labute approximate surface area is 101 Å². The summed E-state index contributed by atoms with van der Waals surface area (Å²) in [5, 5.41) is 2.88. The van der Waals surface area contributed by atoms with E-state index in [0.717, 1.165) is 12.1 Å².